The number of carboxylic acids is 1. The van der Waals surface area contributed by atoms with Gasteiger partial charge in [-0.25, -0.2) is 9.18 Å². The van der Waals surface area contributed by atoms with Crippen molar-refractivity contribution in [3.63, 3.8) is 0 Å². The van der Waals surface area contributed by atoms with E-state index in [1.807, 2.05) is 0 Å². The van der Waals surface area contributed by atoms with Crippen LogP contribution in [0, 0.1) is 5.82 Å². The van der Waals surface area contributed by atoms with E-state index in [1.54, 1.807) is 13.0 Å². The molecule has 0 bridgehead atoms. The standard InChI is InChI=1S/C14H16FNO4/c1-2-10(20-11-6-4-3-5-9(11)15)12(17)16-14(7-8-14)13(18)19/h3-6,10H,2,7-8H2,1H3,(H,16,17)(H,18,19). The second kappa shape index (κ2) is 5.48. The molecule has 1 saturated carbocycles. The molecule has 6 heteroatoms. The number of benzene rings is 1. The van der Waals surface area contributed by atoms with Crippen LogP contribution in [0.4, 0.5) is 4.39 Å². The van der Waals surface area contributed by atoms with Gasteiger partial charge in [0.1, 0.15) is 5.54 Å². The predicted octanol–water partition coefficient (Wildman–Crippen LogP) is 1.72. The van der Waals surface area contributed by atoms with E-state index in [0.717, 1.165) is 0 Å². The van der Waals surface area contributed by atoms with Gasteiger partial charge in [-0.15, -0.1) is 0 Å². The molecule has 1 aromatic rings. The molecule has 0 saturated heterocycles. The first-order chi connectivity index (χ1) is 9.48. The van der Waals surface area contributed by atoms with E-state index in [-0.39, 0.29) is 5.75 Å². The highest BCUT2D eigenvalue weighted by Crippen LogP contribution is 2.35. The maximum Gasteiger partial charge on any atom is 0.329 e. The van der Waals surface area contributed by atoms with Crippen molar-refractivity contribution in [3.05, 3.63) is 30.1 Å². The van der Waals surface area contributed by atoms with E-state index in [0.29, 0.717) is 19.3 Å². The summed E-state index contributed by atoms with van der Waals surface area (Å²) in [6, 6.07) is 5.78. The lowest BCUT2D eigenvalue weighted by Gasteiger charge is -2.20. The first-order valence-electron chi connectivity index (χ1n) is 6.45. The Balaban J connectivity index is 2.03. The summed E-state index contributed by atoms with van der Waals surface area (Å²) in [6.45, 7) is 1.71. The molecule has 0 aliphatic heterocycles. The summed E-state index contributed by atoms with van der Waals surface area (Å²) < 4.78 is 18.8. The van der Waals surface area contributed by atoms with Crippen LogP contribution < -0.4 is 10.1 Å². The van der Waals surface area contributed by atoms with Crippen molar-refractivity contribution in [3.8, 4) is 5.75 Å². The van der Waals surface area contributed by atoms with Gasteiger partial charge in [-0.3, -0.25) is 4.79 Å². The summed E-state index contributed by atoms with van der Waals surface area (Å²) in [5, 5.41) is 11.5. The number of aliphatic carboxylic acids is 1. The number of carbonyl (C=O) groups is 2. The van der Waals surface area contributed by atoms with E-state index in [9.17, 15) is 14.0 Å². The summed E-state index contributed by atoms with van der Waals surface area (Å²) in [6.07, 6.45) is 0.216. The molecule has 1 atom stereocenters. The van der Waals surface area contributed by atoms with Gasteiger partial charge in [0.2, 0.25) is 0 Å². The molecular formula is C14H16FNO4. The number of hydrogen-bond acceptors (Lipinski definition) is 3. The van der Waals surface area contributed by atoms with Gasteiger partial charge in [0.25, 0.3) is 5.91 Å². The number of para-hydroxylation sites is 1. The van der Waals surface area contributed by atoms with Gasteiger partial charge in [0.05, 0.1) is 0 Å². The number of hydrogen-bond donors (Lipinski definition) is 2. The van der Waals surface area contributed by atoms with Gasteiger partial charge in [-0.1, -0.05) is 19.1 Å². The van der Waals surface area contributed by atoms with Crippen molar-refractivity contribution in [2.24, 2.45) is 0 Å². The van der Waals surface area contributed by atoms with Gasteiger partial charge in [0.15, 0.2) is 17.7 Å². The smallest absolute Gasteiger partial charge is 0.329 e. The van der Waals surface area contributed by atoms with Gasteiger partial charge in [0, 0.05) is 0 Å². The van der Waals surface area contributed by atoms with Gasteiger partial charge in [-0.2, -0.15) is 0 Å². The summed E-state index contributed by atoms with van der Waals surface area (Å²) >= 11 is 0. The number of amides is 1. The van der Waals surface area contributed by atoms with E-state index >= 15 is 0 Å². The average Bonchev–Trinajstić information content (AvgIpc) is 3.18. The molecule has 1 fully saturated rings. The molecule has 1 aromatic carbocycles. The molecule has 108 valence electrons. The molecule has 0 aromatic heterocycles. The number of nitrogens with one attached hydrogen (secondary N) is 1. The van der Waals surface area contributed by atoms with Crippen molar-refractivity contribution in [1.29, 1.82) is 0 Å². The van der Waals surface area contributed by atoms with Crippen molar-refractivity contribution < 1.29 is 23.8 Å². The van der Waals surface area contributed by atoms with Crippen LogP contribution in [0.5, 0.6) is 5.75 Å². The Morgan fingerprint density at radius 1 is 1.45 bits per heavy atom. The highest BCUT2D eigenvalue weighted by atomic mass is 19.1. The largest absolute Gasteiger partial charge is 0.480 e. The zero-order chi connectivity index (χ0) is 14.8. The molecule has 1 aliphatic carbocycles. The van der Waals surface area contributed by atoms with E-state index in [2.05, 4.69) is 5.32 Å². The Bertz CT molecular complexity index is 528. The van der Waals surface area contributed by atoms with Crippen molar-refractivity contribution in [2.75, 3.05) is 0 Å². The highest BCUT2D eigenvalue weighted by molar-refractivity contribution is 5.91. The predicted molar refractivity (Wildman–Crippen MR) is 68.9 cm³/mol. The molecule has 0 spiro atoms. The SMILES string of the molecule is CCC(Oc1ccccc1F)C(=O)NC1(C(=O)O)CC1. The Kier molecular flexibility index (Phi) is 3.92. The van der Waals surface area contributed by atoms with Crippen LogP contribution in [-0.2, 0) is 9.59 Å². The van der Waals surface area contributed by atoms with Crippen LogP contribution in [0.1, 0.15) is 26.2 Å². The third-order valence-corrected chi connectivity index (χ3v) is 3.29. The first-order valence-corrected chi connectivity index (χ1v) is 6.45. The maximum atomic E-state index is 13.5. The average molecular weight is 281 g/mol. The molecule has 20 heavy (non-hydrogen) atoms. The molecular weight excluding hydrogens is 265 g/mol. The molecule has 0 radical (unpaired) electrons. The second-order valence-corrected chi connectivity index (χ2v) is 4.82. The molecule has 1 unspecified atom stereocenters. The number of carboxylic acid groups (broad SMARTS) is 1. The monoisotopic (exact) mass is 281 g/mol. The van der Waals surface area contributed by atoms with Crippen molar-refractivity contribution in [2.45, 2.75) is 37.8 Å². The van der Waals surface area contributed by atoms with Crippen LogP contribution in [0.25, 0.3) is 0 Å². The van der Waals surface area contributed by atoms with Gasteiger partial charge >= 0.3 is 5.97 Å². The zero-order valence-electron chi connectivity index (χ0n) is 11.1. The third-order valence-electron chi connectivity index (χ3n) is 3.29. The van der Waals surface area contributed by atoms with Crippen LogP contribution >= 0.6 is 0 Å². The summed E-state index contributed by atoms with van der Waals surface area (Å²) in [7, 11) is 0. The summed E-state index contributed by atoms with van der Waals surface area (Å²) in [4.78, 5) is 23.1. The quantitative estimate of drug-likeness (QED) is 0.832. The van der Waals surface area contributed by atoms with E-state index < -0.39 is 29.3 Å². The minimum absolute atomic E-state index is 0.0188. The molecule has 0 heterocycles. The lowest BCUT2D eigenvalue weighted by atomic mass is 10.2. The third kappa shape index (κ3) is 2.89. The first kappa shape index (κ1) is 14.3. The Morgan fingerprint density at radius 2 is 2.10 bits per heavy atom. The molecule has 1 amide bonds. The minimum Gasteiger partial charge on any atom is -0.480 e. The number of halogens is 1. The Labute approximate surface area is 115 Å². The number of ether oxygens (including phenoxy) is 1. The number of rotatable bonds is 6. The fraction of sp³-hybridized carbons (Fsp3) is 0.429. The summed E-state index contributed by atoms with van der Waals surface area (Å²) in [5.41, 5.74) is -1.16. The van der Waals surface area contributed by atoms with Crippen molar-refractivity contribution in [1.82, 2.24) is 5.32 Å². The van der Waals surface area contributed by atoms with Crippen LogP contribution in [0.15, 0.2) is 24.3 Å². The lowest BCUT2D eigenvalue weighted by molar-refractivity contribution is -0.144. The van der Waals surface area contributed by atoms with Gasteiger partial charge in [-0.05, 0) is 31.4 Å². The molecule has 5 nitrogen and oxygen atoms in total. The normalized spacial score (nSPS) is 17.1. The topological polar surface area (TPSA) is 75.6 Å². The van der Waals surface area contributed by atoms with Crippen molar-refractivity contribution >= 4 is 11.9 Å². The fourth-order valence-corrected chi connectivity index (χ4v) is 1.85. The molecule has 1 aliphatic rings. The van der Waals surface area contributed by atoms with Crippen LogP contribution in [-0.4, -0.2) is 28.6 Å². The lowest BCUT2D eigenvalue weighted by Crippen LogP contribution is -2.48. The molecule has 2 rings (SSSR count). The Hall–Kier alpha value is -2.11. The maximum absolute atomic E-state index is 13.5. The number of carbonyl (C=O) groups excluding carboxylic acids is 1. The summed E-state index contributed by atoms with van der Waals surface area (Å²) in [5.74, 6) is -2.16. The zero-order valence-corrected chi connectivity index (χ0v) is 11.1. The minimum atomic E-state index is -1.16. The van der Waals surface area contributed by atoms with Crippen LogP contribution in [0.3, 0.4) is 0 Å². The second-order valence-electron chi connectivity index (χ2n) is 4.82. The van der Waals surface area contributed by atoms with E-state index in [1.165, 1.54) is 18.2 Å². The highest BCUT2D eigenvalue weighted by Gasteiger charge is 2.52. The van der Waals surface area contributed by atoms with Gasteiger partial charge < -0.3 is 15.2 Å². The Morgan fingerprint density at radius 3 is 2.60 bits per heavy atom. The van der Waals surface area contributed by atoms with Crippen LogP contribution in [0.2, 0.25) is 0 Å². The molecule has 2 N–H and O–H groups in total. The fourth-order valence-electron chi connectivity index (χ4n) is 1.85. The van der Waals surface area contributed by atoms with E-state index in [4.69, 9.17) is 9.84 Å².